The highest BCUT2D eigenvalue weighted by Crippen LogP contribution is 2.29. The average molecular weight is 481 g/mol. The number of hydrogen-bond donors (Lipinski definition) is 6. The van der Waals surface area contributed by atoms with Gasteiger partial charge in [0.25, 0.3) is 0 Å². The van der Waals surface area contributed by atoms with Gasteiger partial charge in [-0.2, -0.15) is 21.6 Å². The molecule has 30 heavy (non-hydrogen) atoms. The summed E-state index contributed by atoms with van der Waals surface area (Å²) in [6, 6.07) is -1.67. The van der Waals surface area contributed by atoms with Gasteiger partial charge in [-0.3, -0.25) is 9.11 Å². The van der Waals surface area contributed by atoms with Crippen molar-refractivity contribution < 1.29 is 64.4 Å². The van der Waals surface area contributed by atoms with E-state index in [0.29, 0.717) is 0 Å². The van der Waals surface area contributed by atoms with Gasteiger partial charge in [0.05, 0.1) is 31.5 Å². The van der Waals surface area contributed by atoms with Crippen LogP contribution in [0.4, 0.5) is 0 Å². The third-order valence-electron chi connectivity index (χ3n) is 4.52. The van der Waals surface area contributed by atoms with Crippen molar-refractivity contribution in [2.75, 3.05) is 13.2 Å². The van der Waals surface area contributed by atoms with Crippen molar-refractivity contribution in [3.63, 3.8) is 0 Å². The van der Waals surface area contributed by atoms with Crippen molar-refractivity contribution in [1.29, 1.82) is 0 Å². The highest BCUT2D eigenvalue weighted by Gasteiger charge is 2.48. The monoisotopic (exact) mass is 481 g/mol. The van der Waals surface area contributed by atoms with Gasteiger partial charge in [-0.15, -0.1) is 0 Å². The Kier molecular flexibility index (Phi) is 8.13. The Balaban J connectivity index is 2.26. The maximum absolute atomic E-state index is 11.4. The first-order valence-electron chi connectivity index (χ1n) is 8.56. The number of hydrogen-bond acceptors (Lipinski definition) is 11. The summed E-state index contributed by atoms with van der Waals surface area (Å²) < 4.78 is 83.4. The first kappa shape index (κ1) is 25.3. The van der Waals surface area contributed by atoms with Gasteiger partial charge in [0.15, 0.2) is 12.4 Å². The van der Waals surface area contributed by atoms with Crippen LogP contribution in [0.3, 0.4) is 0 Å². The van der Waals surface area contributed by atoms with Crippen LogP contribution in [0, 0.1) is 5.92 Å². The Morgan fingerprint density at radius 2 is 1.83 bits per heavy atom. The Bertz CT molecular complexity index is 816. The zero-order valence-electron chi connectivity index (χ0n) is 15.5. The molecule has 15 nitrogen and oxygen atoms in total. The lowest BCUT2D eigenvalue weighted by molar-refractivity contribution is -0.288. The zero-order chi connectivity index (χ0) is 22.9. The van der Waals surface area contributed by atoms with Crippen LogP contribution in [0.15, 0.2) is 0 Å². The Labute approximate surface area is 171 Å². The van der Waals surface area contributed by atoms with Crippen LogP contribution in [-0.4, -0.2) is 103 Å². The average Bonchev–Trinajstić information content (AvgIpc) is 2.58. The van der Waals surface area contributed by atoms with Crippen molar-refractivity contribution in [2.45, 2.75) is 56.2 Å². The van der Waals surface area contributed by atoms with E-state index in [1.165, 1.54) is 6.92 Å². The molecule has 2 rings (SSSR count). The lowest BCUT2D eigenvalue weighted by atomic mass is 9.93. The molecule has 176 valence electrons. The summed E-state index contributed by atoms with van der Waals surface area (Å²) in [5.74, 6) is -2.07. The summed E-state index contributed by atoms with van der Waals surface area (Å²) in [7, 11) is -9.74. The number of nitrogens with one attached hydrogen (secondary N) is 1. The van der Waals surface area contributed by atoms with Gasteiger partial charge in [-0.1, -0.05) is 6.92 Å². The number of aliphatic hydroxyl groups excluding tert-OH is 2. The fourth-order valence-corrected chi connectivity index (χ4v) is 4.03. The molecule has 0 amide bonds. The first-order valence-corrected chi connectivity index (χ1v) is 11.4. The summed E-state index contributed by atoms with van der Waals surface area (Å²) in [6.45, 7) is 0.632. The maximum Gasteiger partial charge on any atom is 0.397 e. The van der Waals surface area contributed by atoms with E-state index in [1.807, 2.05) is 0 Å². The summed E-state index contributed by atoms with van der Waals surface area (Å²) in [6.07, 6.45) is -9.72. The van der Waals surface area contributed by atoms with Crippen molar-refractivity contribution in [3.8, 4) is 0 Å². The molecule has 0 radical (unpaired) electrons. The van der Waals surface area contributed by atoms with Gasteiger partial charge in [-0.25, -0.2) is 8.98 Å². The van der Waals surface area contributed by atoms with E-state index in [4.69, 9.17) is 23.3 Å². The molecule has 0 aromatic heterocycles. The number of rotatable bonds is 8. The number of carboxylic acid groups (broad SMARTS) is 1. The summed E-state index contributed by atoms with van der Waals surface area (Å²) in [5, 5.41) is 29.9. The van der Waals surface area contributed by atoms with E-state index in [9.17, 15) is 36.9 Å². The molecular weight excluding hydrogens is 458 g/mol. The highest BCUT2D eigenvalue weighted by molar-refractivity contribution is 7.83. The molecule has 2 heterocycles. The number of aliphatic hydroxyl groups is 2. The van der Waals surface area contributed by atoms with E-state index in [0.717, 1.165) is 0 Å². The maximum atomic E-state index is 11.4. The zero-order valence-corrected chi connectivity index (χ0v) is 17.1. The van der Waals surface area contributed by atoms with Crippen LogP contribution in [0.2, 0.25) is 0 Å². The number of aliphatic carboxylic acids is 1. The van der Waals surface area contributed by atoms with Crippen LogP contribution in [-0.2, 0) is 43.9 Å². The second kappa shape index (κ2) is 9.65. The molecule has 17 heteroatoms. The molecule has 2 saturated heterocycles. The van der Waals surface area contributed by atoms with Gasteiger partial charge >= 0.3 is 26.7 Å². The second-order valence-corrected chi connectivity index (χ2v) is 9.20. The lowest BCUT2D eigenvalue weighted by Gasteiger charge is -2.43. The summed E-state index contributed by atoms with van der Waals surface area (Å²) in [4.78, 5) is 11.4. The molecule has 0 aromatic rings. The largest absolute Gasteiger partial charge is 0.479 e. The molecule has 0 aliphatic carbocycles. The van der Waals surface area contributed by atoms with E-state index in [-0.39, 0.29) is 6.61 Å². The van der Waals surface area contributed by atoms with Crippen molar-refractivity contribution in [1.82, 2.24) is 4.72 Å². The normalized spacial score (nSPS) is 38.3. The molecular formula is C13H23NO14S2. The van der Waals surface area contributed by atoms with E-state index in [1.54, 1.807) is 4.72 Å². The standard InChI is InChI=1S/C13H23NO14S2/c1-5-3-25-11(12(17)18)10(9(5)16)28-13-8(14-29(19,20)21)7(15)2-6(27-13)4-26-30(22,23)24/h5-11,13-16H,2-4H2,1H3,(H,17,18)(H,19,20,21)(H,22,23,24)/t5?,6?,7-,8?,9+,10+,11?,13-/m0/s1. The van der Waals surface area contributed by atoms with Crippen LogP contribution in [0.25, 0.3) is 0 Å². The highest BCUT2D eigenvalue weighted by atomic mass is 32.3. The predicted octanol–water partition coefficient (Wildman–Crippen LogP) is -3.09. The fourth-order valence-electron chi connectivity index (χ4n) is 3.09. The molecule has 6 N–H and O–H groups in total. The quantitative estimate of drug-likeness (QED) is 0.188. The Hall–Kier alpha value is -0.990. The molecule has 0 spiro atoms. The van der Waals surface area contributed by atoms with Crippen molar-refractivity contribution in [2.24, 2.45) is 5.92 Å². The van der Waals surface area contributed by atoms with Gasteiger partial charge in [0.1, 0.15) is 12.1 Å². The van der Waals surface area contributed by atoms with Crippen LogP contribution in [0.5, 0.6) is 0 Å². The van der Waals surface area contributed by atoms with Crippen molar-refractivity contribution in [3.05, 3.63) is 0 Å². The molecule has 0 saturated carbocycles. The Morgan fingerprint density at radius 1 is 1.20 bits per heavy atom. The third-order valence-corrected chi connectivity index (χ3v) is 5.52. The minimum Gasteiger partial charge on any atom is -0.479 e. The first-order chi connectivity index (χ1) is 13.7. The minimum absolute atomic E-state index is 0.107. The van der Waals surface area contributed by atoms with Gasteiger partial charge in [0, 0.05) is 12.3 Å². The second-order valence-electron chi connectivity index (χ2n) is 6.92. The van der Waals surface area contributed by atoms with Gasteiger partial charge < -0.3 is 29.5 Å². The topological polar surface area (TPSA) is 235 Å². The number of carboxylic acids is 1. The van der Waals surface area contributed by atoms with Crippen LogP contribution >= 0.6 is 0 Å². The van der Waals surface area contributed by atoms with E-state index in [2.05, 4.69) is 4.18 Å². The molecule has 8 atom stereocenters. The minimum atomic E-state index is -4.88. The number of carbonyl (C=O) groups is 1. The molecule has 0 bridgehead atoms. The van der Waals surface area contributed by atoms with Crippen molar-refractivity contribution >= 4 is 26.7 Å². The predicted molar refractivity (Wildman–Crippen MR) is 92.7 cm³/mol. The van der Waals surface area contributed by atoms with Gasteiger partial charge in [-0.05, 0) is 0 Å². The fraction of sp³-hybridized carbons (Fsp3) is 0.923. The van der Waals surface area contributed by atoms with Gasteiger partial charge in [0.2, 0.25) is 0 Å². The SMILES string of the molecule is CC1COC(C(=O)O)[C@H](O[C@@H]2OC(COS(=O)(=O)O)C[C@H](O)C2NS(=O)(=O)O)[C@@H]1O. The number of ether oxygens (including phenoxy) is 3. The summed E-state index contributed by atoms with van der Waals surface area (Å²) >= 11 is 0. The molecule has 4 unspecified atom stereocenters. The van der Waals surface area contributed by atoms with Crippen LogP contribution < -0.4 is 4.72 Å². The molecule has 2 aliphatic heterocycles. The lowest BCUT2D eigenvalue weighted by Crippen LogP contribution is -2.62. The summed E-state index contributed by atoms with van der Waals surface area (Å²) in [5.41, 5.74) is 0. The van der Waals surface area contributed by atoms with Crippen LogP contribution in [0.1, 0.15) is 13.3 Å². The Morgan fingerprint density at radius 3 is 2.37 bits per heavy atom. The molecule has 2 fully saturated rings. The molecule has 0 aromatic carbocycles. The van der Waals surface area contributed by atoms with E-state index >= 15 is 0 Å². The third kappa shape index (κ3) is 7.02. The molecule has 2 aliphatic rings. The van der Waals surface area contributed by atoms with E-state index < -0.39 is 88.5 Å². The smallest absolute Gasteiger partial charge is 0.397 e.